The Morgan fingerprint density at radius 3 is 2.21 bits per heavy atom. The van der Waals surface area contributed by atoms with E-state index in [4.69, 9.17) is 20.6 Å². The molecule has 0 N–H and O–H groups in total. The van der Waals surface area contributed by atoms with E-state index < -0.39 is 18.3 Å². The second-order valence-electron chi connectivity index (χ2n) is 7.97. The van der Waals surface area contributed by atoms with Crippen LogP contribution in [0.4, 0.5) is 5.69 Å². The summed E-state index contributed by atoms with van der Waals surface area (Å²) in [7, 11) is -0.451. The van der Waals surface area contributed by atoms with E-state index in [9.17, 15) is 4.79 Å². The number of nitrogens with zero attached hydrogens (tertiary/aromatic N) is 1. The molecule has 1 aliphatic rings. The third-order valence-electron chi connectivity index (χ3n) is 5.57. The molecule has 152 valence electrons. The number of benzene rings is 1. The topological polar surface area (TPSA) is 49.1 Å². The zero-order valence-electron chi connectivity index (χ0n) is 17.8. The van der Waals surface area contributed by atoms with Crippen molar-refractivity contribution in [3.8, 4) is 11.1 Å². The second kappa shape index (κ2) is 7.94. The molecule has 0 spiro atoms. The molecule has 1 aromatic carbocycles. The molecule has 0 atom stereocenters. The van der Waals surface area contributed by atoms with E-state index in [1.165, 1.54) is 11.3 Å². The van der Waals surface area contributed by atoms with Gasteiger partial charge in [0.25, 0.3) is 0 Å². The molecular weight excluding hydrogens is 385 g/mol. The first-order valence-corrected chi connectivity index (χ1v) is 10.6. The van der Waals surface area contributed by atoms with Crippen LogP contribution >= 0.6 is 11.3 Å². The molecule has 0 bridgehead atoms. The van der Waals surface area contributed by atoms with Crippen LogP contribution < -0.4 is 5.46 Å². The van der Waals surface area contributed by atoms with E-state index in [1.54, 1.807) is 6.92 Å². The van der Waals surface area contributed by atoms with Crippen molar-refractivity contribution in [2.75, 3.05) is 6.61 Å². The Balaban J connectivity index is 1.99. The van der Waals surface area contributed by atoms with Crippen LogP contribution in [0, 0.1) is 6.57 Å². The number of thiophene rings is 1. The van der Waals surface area contributed by atoms with Crippen molar-refractivity contribution < 1.29 is 18.8 Å². The van der Waals surface area contributed by atoms with Gasteiger partial charge in [-0.1, -0.05) is 31.2 Å². The molecule has 29 heavy (non-hydrogen) atoms. The van der Waals surface area contributed by atoms with Gasteiger partial charge in [-0.15, -0.1) is 11.3 Å². The van der Waals surface area contributed by atoms with E-state index in [2.05, 4.69) is 4.85 Å². The molecule has 1 saturated heterocycles. The van der Waals surface area contributed by atoms with Crippen molar-refractivity contribution in [1.29, 1.82) is 0 Å². The fourth-order valence-electron chi connectivity index (χ4n) is 3.22. The molecule has 7 heteroatoms. The van der Waals surface area contributed by atoms with Crippen molar-refractivity contribution in [2.45, 2.75) is 59.2 Å². The van der Waals surface area contributed by atoms with Gasteiger partial charge in [0.05, 0.1) is 24.4 Å². The fraction of sp³-hybridized carbons (Fsp3) is 0.455. The molecule has 3 rings (SSSR count). The van der Waals surface area contributed by atoms with Crippen molar-refractivity contribution in [3.63, 3.8) is 0 Å². The predicted molar refractivity (Wildman–Crippen MR) is 117 cm³/mol. The average molecular weight is 411 g/mol. The Hall–Kier alpha value is -2.14. The molecule has 0 amide bonds. The molecule has 0 radical (unpaired) electrons. The third-order valence-corrected chi connectivity index (χ3v) is 6.88. The van der Waals surface area contributed by atoms with Gasteiger partial charge in [-0.05, 0) is 52.1 Å². The number of hydrogen-bond acceptors (Lipinski definition) is 5. The quantitative estimate of drug-likeness (QED) is 0.395. The number of rotatable bonds is 5. The highest BCUT2D eigenvalue weighted by atomic mass is 32.1. The Morgan fingerprint density at radius 2 is 1.72 bits per heavy atom. The first-order valence-electron chi connectivity index (χ1n) is 9.81. The van der Waals surface area contributed by atoms with Crippen LogP contribution in [0.5, 0.6) is 0 Å². The largest absolute Gasteiger partial charge is 0.494 e. The van der Waals surface area contributed by atoms with E-state index in [0.29, 0.717) is 29.2 Å². The summed E-state index contributed by atoms with van der Waals surface area (Å²) in [6.07, 6.45) is 0.695. The molecular formula is C22H26BNO4S. The molecule has 1 aliphatic heterocycles. The van der Waals surface area contributed by atoms with Crippen LogP contribution in [0.15, 0.2) is 24.3 Å². The van der Waals surface area contributed by atoms with E-state index in [0.717, 1.165) is 15.9 Å². The minimum atomic E-state index is -0.451. The molecule has 5 nitrogen and oxygen atoms in total. The van der Waals surface area contributed by atoms with Gasteiger partial charge in [0.15, 0.2) is 0 Å². The molecule has 1 fully saturated rings. The monoisotopic (exact) mass is 411 g/mol. The summed E-state index contributed by atoms with van der Waals surface area (Å²) in [4.78, 5) is 17.6. The Bertz CT molecular complexity index is 940. The highest BCUT2D eigenvalue weighted by molar-refractivity contribution is 7.15. The smallest absolute Gasteiger partial charge is 0.462 e. The van der Waals surface area contributed by atoms with Gasteiger partial charge in [-0.25, -0.2) is 9.64 Å². The lowest BCUT2D eigenvalue weighted by Crippen LogP contribution is -2.41. The maximum atomic E-state index is 12.5. The minimum Gasteiger partial charge on any atom is -0.462 e. The summed E-state index contributed by atoms with van der Waals surface area (Å²) in [6.45, 7) is 19.8. The molecule has 0 saturated carbocycles. The summed E-state index contributed by atoms with van der Waals surface area (Å²) in [5, 5.41) is 0. The third kappa shape index (κ3) is 3.85. The molecule has 2 aromatic rings. The number of ether oxygens (including phenoxy) is 1. The summed E-state index contributed by atoms with van der Waals surface area (Å²) in [6, 6.07) is 7.70. The second-order valence-corrected chi connectivity index (χ2v) is 9.08. The lowest BCUT2D eigenvalue weighted by molar-refractivity contribution is 0.00578. The van der Waals surface area contributed by atoms with Gasteiger partial charge in [-0.2, -0.15) is 0 Å². The predicted octanol–water partition coefficient (Wildman–Crippen LogP) is 5.00. The van der Waals surface area contributed by atoms with E-state index >= 15 is 0 Å². The first-order chi connectivity index (χ1) is 13.6. The minimum absolute atomic E-state index is 0.297. The van der Waals surface area contributed by atoms with Gasteiger partial charge in [-0.3, -0.25) is 0 Å². The molecule has 0 unspecified atom stereocenters. The van der Waals surface area contributed by atoms with Crippen LogP contribution in [0.25, 0.3) is 16.0 Å². The van der Waals surface area contributed by atoms with Gasteiger partial charge in [0.2, 0.25) is 5.69 Å². The van der Waals surface area contributed by atoms with Crippen molar-refractivity contribution >= 4 is 35.6 Å². The number of carbonyl (C=O) groups is 1. The summed E-state index contributed by atoms with van der Waals surface area (Å²) < 4.78 is 17.5. The van der Waals surface area contributed by atoms with Crippen molar-refractivity contribution in [2.24, 2.45) is 0 Å². The lowest BCUT2D eigenvalue weighted by atomic mass is 9.78. The Labute approximate surface area is 176 Å². The zero-order valence-corrected chi connectivity index (χ0v) is 18.6. The zero-order chi connectivity index (χ0) is 21.4. The number of carbonyl (C=O) groups excluding carboxylic acids is 1. The SMILES string of the molecule is [C-]#[N+]c1c(CC)sc(C(=O)OCC)c1-c1ccc(B2OC(C)(C)C(C)(C)O2)cc1. The average Bonchev–Trinajstić information content (AvgIpc) is 3.15. The van der Waals surface area contributed by atoms with Gasteiger partial charge < -0.3 is 14.0 Å². The first kappa shape index (κ1) is 21.6. The van der Waals surface area contributed by atoms with E-state index in [1.807, 2.05) is 58.9 Å². The Morgan fingerprint density at radius 1 is 1.14 bits per heavy atom. The number of esters is 1. The standard InChI is InChI=1S/C22H26BNO4S/c1-8-16-18(24-7)17(19(29-16)20(25)26-9-2)14-10-12-15(13-11-14)23-27-21(3,4)22(5,6)28-23/h10-13H,8-9H2,1-6H3. The highest BCUT2D eigenvalue weighted by Gasteiger charge is 2.51. The van der Waals surface area contributed by atoms with Crippen LogP contribution in [-0.2, 0) is 20.5 Å². The van der Waals surface area contributed by atoms with Crippen LogP contribution in [0.2, 0.25) is 0 Å². The molecule has 2 heterocycles. The maximum absolute atomic E-state index is 12.5. The number of aryl methyl sites for hydroxylation is 1. The Kier molecular flexibility index (Phi) is 5.91. The van der Waals surface area contributed by atoms with Gasteiger partial charge in [0, 0.05) is 10.4 Å². The molecule has 1 aromatic heterocycles. The van der Waals surface area contributed by atoms with Gasteiger partial charge in [0.1, 0.15) is 4.88 Å². The summed E-state index contributed by atoms with van der Waals surface area (Å²) in [5.41, 5.74) is 2.09. The van der Waals surface area contributed by atoms with Gasteiger partial charge >= 0.3 is 13.1 Å². The van der Waals surface area contributed by atoms with Crippen LogP contribution in [0.1, 0.15) is 56.1 Å². The molecule has 0 aliphatic carbocycles. The maximum Gasteiger partial charge on any atom is 0.494 e. The number of hydrogen-bond donors (Lipinski definition) is 0. The summed E-state index contributed by atoms with van der Waals surface area (Å²) >= 11 is 1.34. The van der Waals surface area contributed by atoms with E-state index in [-0.39, 0.29) is 5.97 Å². The summed E-state index contributed by atoms with van der Waals surface area (Å²) in [5.74, 6) is -0.382. The van der Waals surface area contributed by atoms with Crippen molar-refractivity contribution in [3.05, 3.63) is 45.4 Å². The van der Waals surface area contributed by atoms with Crippen LogP contribution in [-0.4, -0.2) is 30.9 Å². The van der Waals surface area contributed by atoms with Crippen molar-refractivity contribution in [1.82, 2.24) is 0 Å². The lowest BCUT2D eigenvalue weighted by Gasteiger charge is -2.32. The van der Waals surface area contributed by atoms with Crippen LogP contribution in [0.3, 0.4) is 0 Å². The highest BCUT2D eigenvalue weighted by Crippen LogP contribution is 2.43. The normalized spacial score (nSPS) is 17.2. The fourth-order valence-corrected chi connectivity index (χ4v) is 4.32.